The number of carbonyl (C=O) groups excluding carboxylic acids is 2. The van der Waals surface area contributed by atoms with Crippen LogP contribution in [0.4, 0.5) is 5.13 Å². The largest absolute Gasteiger partial charge is 0.507 e. The molecule has 1 atom stereocenters. The third kappa shape index (κ3) is 3.91. The van der Waals surface area contributed by atoms with Crippen molar-refractivity contribution in [3.63, 3.8) is 0 Å². The SMILES string of the molecule is COc1cccc(C2/C(=C(\O)c3ccc4cc(OC)ccc4c3)C(=O)C(=O)N2c2nc(C)cs2)c1. The molecule has 2 heterocycles. The molecule has 0 saturated carbocycles. The smallest absolute Gasteiger partial charge is 0.301 e. The van der Waals surface area contributed by atoms with Gasteiger partial charge < -0.3 is 14.6 Å². The Hall–Kier alpha value is -4.17. The van der Waals surface area contributed by atoms with Crippen LogP contribution in [-0.2, 0) is 9.59 Å². The molecule has 0 bridgehead atoms. The van der Waals surface area contributed by atoms with E-state index in [2.05, 4.69) is 4.98 Å². The van der Waals surface area contributed by atoms with E-state index in [1.807, 2.05) is 36.6 Å². The first kappa shape index (κ1) is 22.6. The Kier molecular flexibility index (Phi) is 5.74. The normalized spacial score (nSPS) is 17.2. The number of aliphatic hydroxyl groups excluding tert-OH is 1. The van der Waals surface area contributed by atoms with E-state index in [1.165, 1.54) is 16.2 Å². The molecule has 1 amide bonds. The number of methoxy groups -OCH3 is 2. The van der Waals surface area contributed by atoms with Crippen LogP contribution in [0.25, 0.3) is 16.5 Å². The molecular weight excluding hydrogens is 464 g/mol. The van der Waals surface area contributed by atoms with Crippen LogP contribution in [0.1, 0.15) is 22.9 Å². The second-order valence-electron chi connectivity index (χ2n) is 8.15. The molecule has 8 heteroatoms. The zero-order valence-corrected chi connectivity index (χ0v) is 20.1. The van der Waals surface area contributed by atoms with Crippen LogP contribution in [0.15, 0.2) is 71.6 Å². The van der Waals surface area contributed by atoms with Gasteiger partial charge in [-0.2, -0.15) is 0 Å². The fraction of sp³-hybridized carbons (Fsp3) is 0.148. The first-order valence-corrected chi connectivity index (χ1v) is 11.7. The van der Waals surface area contributed by atoms with Crippen LogP contribution in [0, 0.1) is 6.92 Å². The van der Waals surface area contributed by atoms with Gasteiger partial charge in [0.15, 0.2) is 5.13 Å². The van der Waals surface area contributed by atoms with E-state index >= 15 is 0 Å². The highest BCUT2D eigenvalue weighted by atomic mass is 32.1. The number of Topliss-reactive ketones (excluding diaryl/α,β-unsaturated/α-hetero) is 1. The molecule has 1 fully saturated rings. The van der Waals surface area contributed by atoms with Gasteiger partial charge in [0.1, 0.15) is 17.3 Å². The fourth-order valence-electron chi connectivity index (χ4n) is 4.26. The number of anilines is 1. The molecule has 1 N–H and O–H groups in total. The number of thiazole rings is 1. The lowest BCUT2D eigenvalue weighted by atomic mass is 9.94. The zero-order chi connectivity index (χ0) is 24.7. The number of aliphatic hydroxyl groups is 1. The van der Waals surface area contributed by atoms with Gasteiger partial charge in [0.05, 0.1) is 31.5 Å². The van der Waals surface area contributed by atoms with E-state index in [0.717, 1.165) is 22.2 Å². The van der Waals surface area contributed by atoms with Gasteiger partial charge in [-0.15, -0.1) is 11.3 Å². The second-order valence-corrected chi connectivity index (χ2v) is 8.98. The average molecular weight is 487 g/mol. The van der Waals surface area contributed by atoms with Gasteiger partial charge >= 0.3 is 5.91 Å². The van der Waals surface area contributed by atoms with Crippen molar-refractivity contribution in [1.29, 1.82) is 0 Å². The minimum atomic E-state index is -0.859. The molecule has 0 aliphatic carbocycles. The van der Waals surface area contributed by atoms with E-state index < -0.39 is 17.7 Å². The van der Waals surface area contributed by atoms with Crippen molar-refractivity contribution in [3.05, 3.63) is 88.4 Å². The molecule has 3 aromatic carbocycles. The highest BCUT2D eigenvalue weighted by Gasteiger charge is 2.48. The molecule has 5 rings (SSSR count). The minimum Gasteiger partial charge on any atom is -0.507 e. The van der Waals surface area contributed by atoms with Gasteiger partial charge in [-0.25, -0.2) is 4.98 Å². The number of amides is 1. The summed E-state index contributed by atoms with van der Waals surface area (Å²) in [4.78, 5) is 32.3. The molecule has 1 saturated heterocycles. The topological polar surface area (TPSA) is 89.0 Å². The lowest BCUT2D eigenvalue weighted by Gasteiger charge is -2.23. The van der Waals surface area contributed by atoms with Crippen LogP contribution >= 0.6 is 11.3 Å². The lowest BCUT2D eigenvalue weighted by Crippen LogP contribution is -2.29. The van der Waals surface area contributed by atoms with Crippen LogP contribution in [-0.4, -0.2) is 36.0 Å². The maximum atomic E-state index is 13.3. The summed E-state index contributed by atoms with van der Waals surface area (Å²) in [6.45, 7) is 1.82. The number of nitrogens with zero attached hydrogens (tertiary/aromatic N) is 2. The van der Waals surface area contributed by atoms with Crippen molar-refractivity contribution in [2.45, 2.75) is 13.0 Å². The Balaban J connectivity index is 1.70. The number of aryl methyl sites for hydroxylation is 1. The fourth-order valence-corrected chi connectivity index (χ4v) is 5.09. The molecule has 4 aromatic rings. The van der Waals surface area contributed by atoms with Gasteiger partial charge in [-0.05, 0) is 53.6 Å². The predicted octanol–water partition coefficient (Wildman–Crippen LogP) is 5.25. The van der Waals surface area contributed by atoms with Crippen LogP contribution in [0.3, 0.4) is 0 Å². The number of aromatic nitrogens is 1. The monoisotopic (exact) mass is 486 g/mol. The summed E-state index contributed by atoms with van der Waals surface area (Å²) in [5.41, 5.74) is 1.80. The maximum Gasteiger partial charge on any atom is 0.301 e. The lowest BCUT2D eigenvalue weighted by molar-refractivity contribution is -0.132. The number of hydrogen-bond acceptors (Lipinski definition) is 7. The van der Waals surface area contributed by atoms with Crippen molar-refractivity contribution in [3.8, 4) is 11.5 Å². The summed E-state index contributed by atoms with van der Waals surface area (Å²) >= 11 is 1.27. The minimum absolute atomic E-state index is 0.00367. The summed E-state index contributed by atoms with van der Waals surface area (Å²) in [7, 11) is 3.15. The number of ketones is 1. The number of hydrogen-bond donors (Lipinski definition) is 1. The Morgan fingerprint density at radius 2 is 1.69 bits per heavy atom. The molecule has 1 aliphatic heterocycles. The summed E-state index contributed by atoms with van der Waals surface area (Å²) in [6, 6.07) is 17.2. The number of ether oxygens (including phenoxy) is 2. The molecule has 7 nitrogen and oxygen atoms in total. The van der Waals surface area contributed by atoms with Gasteiger partial charge in [-0.3, -0.25) is 14.5 Å². The van der Waals surface area contributed by atoms with Crippen LogP contribution < -0.4 is 14.4 Å². The van der Waals surface area contributed by atoms with E-state index in [9.17, 15) is 14.7 Å². The van der Waals surface area contributed by atoms with Crippen LogP contribution in [0.5, 0.6) is 11.5 Å². The molecule has 0 radical (unpaired) electrons. The highest BCUT2D eigenvalue weighted by molar-refractivity contribution is 7.14. The molecule has 1 aliphatic rings. The Labute approximate surface area is 205 Å². The number of rotatable bonds is 5. The summed E-state index contributed by atoms with van der Waals surface area (Å²) in [5.74, 6) is -0.457. The quantitative estimate of drug-likeness (QED) is 0.236. The molecule has 1 unspecified atom stereocenters. The van der Waals surface area contributed by atoms with Crippen molar-refractivity contribution < 1.29 is 24.2 Å². The van der Waals surface area contributed by atoms with E-state index in [1.54, 1.807) is 50.6 Å². The number of carbonyl (C=O) groups is 2. The van der Waals surface area contributed by atoms with E-state index in [0.29, 0.717) is 22.0 Å². The van der Waals surface area contributed by atoms with Gasteiger partial charge in [0.2, 0.25) is 0 Å². The number of fused-ring (bicyclic) bond motifs is 1. The van der Waals surface area contributed by atoms with Gasteiger partial charge in [0.25, 0.3) is 5.78 Å². The average Bonchev–Trinajstić information content (AvgIpc) is 3.43. The summed E-state index contributed by atoms with van der Waals surface area (Å²) < 4.78 is 10.7. The molecule has 176 valence electrons. The van der Waals surface area contributed by atoms with E-state index in [-0.39, 0.29) is 11.3 Å². The molecule has 35 heavy (non-hydrogen) atoms. The highest BCUT2D eigenvalue weighted by Crippen LogP contribution is 2.43. The second kappa shape index (κ2) is 8.88. The standard InChI is InChI=1S/C27H22N2O5S/c1-15-14-35-27(28-15)29-23(18-5-4-6-20(13-18)33-2)22(25(31)26(29)32)24(30)19-8-7-17-12-21(34-3)10-9-16(17)11-19/h4-14,23,30H,1-3H3/b24-22+. The first-order chi connectivity index (χ1) is 16.9. The van der Waals surface area contributed by atoms with Crippen LogP contribution in [0.2, 0.25) is 0 Å². The molecule has 1 aromatic heterocycles. The molecular formula is C27H22N2O5S. The number of benzene rings is 3. The van der Waals surface area contributed by atoms with Crippen molar-refractivity contribution in [2.75, 3.05) is 19.1 Å². The summed E-state index contributed by atoms with van der Waals surface area (Å²) in [5, 5.41) is 15.4. The predicted molar refractivity (Wildman–Crippen MR) is 135 cm³/mol. The third-order valence-electron chi connectivity index (χ3n) is 5.99. The Bertz CT molecular complexity index is 1510. The zero-order valence-electron chi connectivity index (χ0n) is 19.3. The summed E-state index contributed by atoms with van der Waals surface area (Å²) in [6.07, 6.45) is 0. The van der Waals surface area contributed by atoms with Crippen molar-refractivity contribution in [1.82, 2.24) is 4.98 Å². The maximum absolute atomic E-state index is 13.3. The van der Waals surface area contributed by atoms with Crippen molar-refractivity contribution in [2.24, 2.45) is 0 Å². The Morgan fingerprint density at radius 3 is 2.40 bits per heavy atom. The van der Waals surface area contributed by atoms with Crippen molar-refractivity contribution >= 4 is 44.7 Å². The van der Waals surface area contributed by atoms with Gasteiger partial charge in [0, 0.05) is 10.9 Å². The van der Waals surface area contributed by atoms with E-state index in [4.69, 9.17) is 9.47 Å². The van der Waals surface area contributed by atoms with Gasteiger partial charge in [-0.1, -0.05) is 30.3 Å². The third-order valence-corrected chi connectivity index (χ3v) is 6.95. The Morgan fingerprint density at radius 1 is 0.971 bits per heavy atom. The first-order valence-electron chi connectivity index (χ1n) is 10.9. The molecule has 0 spiro atoms.